The highest BCUT2D eigenvalue weighted by atomic mass is 35.5. The maximum absolute atomic E-state index is 12.7. The molecule has 0 radical (unpaired) electrons. The standard InChI is InChI=1S/C19H20F3N3O2.2ClH/c20-19(21,22)14-6-9-17(24-12-14)27-16-7-4-13(5-8-16)18(26)25-10-2-1-3-15(25)11-23;;/h4-9,12,15H,1-3,10-11,23H2;2*1H. The lowest BCUT2D eigenvalue weighted by Gasteiger charge is -2.35. The molecule has 0 spiro atoms. The SMILES string of the molecule is Cl.Cl.NCC1CCCCN1C(=O)c1ccc(Oc2ccc(C(F)(F)F)cn2)cc1. The van der Waals surface area contributed by atoms with Crippen molar-refractivity contribution in [2.75, 3.05) is 13.1 Å². The number of carbonyl (C=O) groups is 1. The minimum Gasteiger partial charge on any atom is -0.439 e. The molecule has 2 heterocycles. The van der Waals surface area contributed by atoms with Gasteiger partial charge in [0.1, 0.15) is 5.75 Å². The molecule has 1 saturated heterocycles. The predicted octanol–water partition coefficient (Wildman–Crippen LogP) is 4.69. The molecule has 0 saturated carbocycles. The first-order valence-electron chi connectivity index (χ1n) is 8.70. The molecule has 1 unspecified atom stereocenters. The van der Waals surface area contributed by atoms with Gasteiger partial charge in [-0.15, -0.1) is 24.8 Å². The number of nitrogens with two attached hydrogens (primary N) is 1. The second-order valence-electron chi connectivity index (χ2n) is 6.39. The van der Waals surface area contributed by atoms with Crippen molar-refractivity contribution in [2.45, 2.75) is 31.5 Å². The molecule has 10 heteroatoms. The van der Waals surface area contributed by atoms with Crippen molar-refractivity contribution in [1.82, 2.24) is 9.88 Å². The van der Waals surface area contributed by atoms with Crippen molar-refractivity contribution in [3.63, 3.8) is 0 Å². The van der Waals surface area contributed by atoms with E-state index in [2.05, 4.69) is 4.98 Å². The average molecular weight is 452 g/mol. The number of alkyl halides is 3. The monoisotopic (exact) mass is 451 g/mol. The molecular weight excluding hydrogens is 430 g/mol. The Hall–Kier alpha value is -2.03. The highest BCUT2D eigenvalue weighted by molar-refractivity contribution is 5.94. The minimum atomic E-state index is -4.44. The van der Waals surface area contributed by atoms with Crippen LogP contribution in [0.5, 0.6) is 11.6 Å². The van der Waals surface area contributed by atoms with Gasteiger partial charge in [-0.3, -0.25) is 4.79 Å². The van der Waals surface area contributed by atoms with E-state index >= 15 is 0 Å². The molecule has 29 heavy (non-hydrogen) atoms. The summed E-state index contributed by atoms with van der Waals surface area (Å²) in [6.07, 6.45) is -0.787. The van der Waals surface area contributed by atoms with Crippen molar-refractivity contribution in [1.29, 1.82) is 0 Å². The van der Waals surface area contributed by atoms with Gasteiger partial charge in [-0.2, -0.15) is 13.2 Å². The molecule has 5 nitrogen and oxygen atoms in total. The molecule has 0 bridgehead atoms. The first-order valence-corrected chi connectivity index (χ1v) is 8.70. The summed E-state index contributed by atoms with van der Waals surface area (Å²) in [6.45, 7) is 1.13. The van der Waals surface area contributed by atoms with E-state index in [1.807, 2.05) is 0 Å². The highest BCUT2D eigenvalue weighted by Gasteiger charge is 2.30. The number of aromatic nitrogens is 1. The van der Waals surface area contributed by atoms with Crippen LogP contribution < -0.4 is 10.5 Å². The summed E-state index contributed by atoms with van der Waals surface area (Å²) in [6, 6.07) is 8.56. The van der Waals surface area contributed by atoms with Gasteiger partial charge in [0.05, 0.1) is 5.56 Å². The number of rotatable bonds is 4. The van der Waals surface area contributed by atoms with Crippen LogP contribution in [0.4, 0.5) is 13.2 Å². The Morgan fingerprint density at radius 2 is 1.83 bits per heavy atom. The van der Waals surface area contributed by atoms with Gasteiger partial charge in [0.2, 0.25) is 5.88 Å². The molecule has 1 atom stereocenters. The van der Waals surface area contributed by atoms with Crippen molar-refractivity contribution in [2.24, 2.45) is 5.73 Å². The van der Waals surface area contributed by atoms with E-state index in [1.54, 1.807) is 29.2 Å². The summed E-state index contributed by atoms with van der Waals surface area (Å²) in [7, 11) is 0. The number of hydrogen-bond donors (Lipinski definition) is 1. The van der Waals surface area contributed by atoms with E-state index < -0.39 is 11.7 Å². The third-order valence-electron chi connectivity index (χ3n) is 4.55. The van der Waals surface area contributed by atoms with Crippen LogP contribution >= 0.6 is 24.8 Å². The second-order valence-corrected chi connectivity index (χ2v) is 6.39. The molecule has 0 aliphatic carbocycles. The first kappa shape index (κ1) is 25.0. The van der Waals surface area contributed by atoms with Crippen LogP contribution in [0.1, 0.15) is 35.2 Å². The molecule has 1 aromatic carbocycles. The van der Waals surface area contributed by atoms with Crippen LogP contribution in [0.25, 0.3) is 0 Å². The Balaban J connectivity index is 0.00000210. The average Bonchev–Trinajstić information content (AvgIpc) is 2.68. The zero-order chi connectivity index (χ0) is 19.4. The normalized spacial score (nSPS) is 16.4. The number of likely N-dealkylation sites (tertiary alicyclic amines) is 1. The van der Waals surface area contributed by atoms with E-state index in [4.69, 9.17) is 10.5 Å². The second kappa shape index (κ2) is 10.7. The zero-order valence-corrected chi connectivity index (χ0v) is 17.0. The van der Waals surface area contributed by atoms with Gasteiger partial charge in [-0.05, 0) is 49.6 Å². The Morgan fingerprint density at radius 1 is 1.14 bits per heavy atom. The fourth-order valence-electron chi connectivity index (χ4n) is 3.07. The number of nitrogens with zero attached hydrogens (tertiary/aromatic N) is 2. The Kier molecular flexibility index (Phi) is 9.19. The van der Waals surface area contributed by atoms with Crippen molar-refractivity contribution >= 4 is 30.7 Å². The Morgan fingerprint density at radius 3 is 2.38 bits per heavy atom. The fraction of sp³-hybridized carbons (Fsp3) is 0.368. The van der Waals surface area contributed by atoms with Gasteiger partial charge in [0.25, 0.3) is 5.91 Å². The van der Waals surface area contributed by atoms with Gasteiger partial charge < -0.3 is 15.4 Å². The van der Waals surface area contributed by atoms with Crippen LogP contribution in [0.3, 0.4) is 0 Å². The van der Waals surface area contributed by atoms with Crippen LogP contribution in [0, 0.1) is 0 Å². The number of halogens is 5. The van der Waals surface area contributed by atoms with E-state index in [0.717, 1.165) is 37.6 Å². The van der Waals surface area contributed by atoms with Crippen LogP contribution in [0.15, 0.2) is 42.6 Å². The molecule has 2 N–H and O–H groups in total. The number of pyridine rings is 1. The van der Waals surface area contributed by atoms with E-state index in [9.17, 15) is 18.0 Å². The third kappa shape index (κ3) is 6.22. The first-order chi connectivity index (χ1) is 12.9. The zero-order valence-electron chi connectivity index (χ0n) is 15.4. The summed E-state index contributed by atoms with van der Waals surface area (Å²) < 4.78 is 43.1. The Bertz CT molecular complexity index is 787. The van der Waals surface area contributed by atoms with Crippen LogP contribution in [-0.2, 0) is 6.18 Å². The van der Waals surface area contributed by atoms with E-state index in [1.165, 1.54) is 0 Å². The molecule has 2 aromatic rings. The largest absolute Gasteiger partial charge is 0.439 e. The summed E-state index contributed by atoms with van der Waals surface area (Å²) >= 11 is 0. The number of hydrogen-bond acceptors (Lipinski definition) is 4. The molecule has 1 fully saturated rings. The van der Waals surface area contributed by atoms with E-state index in [0.29, 0.717) is 24.4 Å². The summed E-state index contributed by atoms with van der Waals surface area (Å²) in [5.74, 6) is 0.346. The van der Waals surface area contributed by atoms with Gasteiger partial charge in [0, 0.05) is 37.0 Å². The molecule has 1 aliphatic heterocycles. The van der Waals surface area contributed by atoms with Gasteiger partial charge in [0.15, 0.2) is 0 Å². The van der Waals surface area contributed by atoms with Crippen LogP contribution in [-0.4, -0.2) is 34.9 Å². The third-order valence-corrected chi connectivity index (χ3v) is 4.55. The molecule has 3 rings (SSSR count). The van der Waals surface area contributed by atoms with Gasteiger partial charge in [-0.1, -0.05) is 0 Å². The number of amides is 1. The lowest BCUT2D eigenvalue weighted by atomic mass is 10.0. The lowest BCUT2D eigenvalue weighted by molar-refractivity contribution is -0.137. The number of carbonyl (C=O) groups excluding carboxylic acids is 1. The number of piperidine rings is 1. The topological polar surface area (TPSA) is 68.5 Å². The van der Waals surface area contributed by atoms with Gasteiger partial charge in [-0.25, -0.2) is 4.98 Å². The number of ether oxygens (including phenoxy) is 1. The van der Waals surface area contributed by atoms with Gasteiger partial charge >= 0.3 is 6.18 Å². The smallest absolute Gasteiger partial charge is 0.417 e. The molecule has 160 valence electrons. The van der Waals surface area contributed by atoms with Crippen LogP contribution in [0.2, 0.25) is 0 Å². The summed E-state index contributed by atoms with van der Waals surface area (Å²) in [5, 5.41) is 0. The lowest BCUT2D eigenvalue weighted by Crippen LogP contribution is -2.47. The molecular formula is C19H22Cl2F3N3O2. The Labute approximate surface area is 179 Å². The maximum atomic E-state index is 12.7. The summed E-state index contributed by atoms with van der Waals surface area (Å²) in [4.78, 5) is 18.1. The molecule has 1 amide bonds. The summed E-state index contributed by atoms with van der Waals surface area (Å²) in [5.41, 5.74) is 5.44. The predicted molar refractivity (Wildman–Crippen MR) is 108 cm³/mol. The van der Waals surface area contributed by atoms with Crippen molar-refractivity contribution in [3.05, 3.63) is 53.7 Å². The maximum Gasteiger partial charge on any atom is 0.417 e. The minimum absolute atomic E-state index is 0. The fourth-order valence-corrected chi connectivity index (χ4v) is 3.07. The quantitative estimate of drug-likeness (QED) is 0.731. The van der Waals surface area contributed by atoms with Crippen molar-refractivity contribution < 1.29 is 22.7 Å². The van der Waals surface area contributed by atoms with Crippen molar-refractivity contribution in [3.8, 4) is 11.6 Å². The molecule has 1 aliphatic rings. The number of benzene rings is 1. The van der Waals surface area contributed by atoms with E-state index in [-0.39, 0.29) is 42.6 Å². The molecule has 1 aromatic heterocycles. The highest BCUT2D eigenvalue weighted by Crippen LogP contribution is 2.30.